The number of nitrogens with one attached hydrogen (secondary N) is 1. The second-order valence-corrected chi connectivity index (χ2v) is 5.90. The highest BCUT2D eigenvalue weighted by Gasteiger charge is 2.31. The van der Waals surface area contributed by atoms with Crippen LogP contribution in [0.15, 0.2) is 46.9 Å². The number of aromatic nitrogens is 2. The zero-order chi connectivity index (χ0) is 19.7. The zero-order valence-corrected chi connectivity index (χ0v) is 14.1. The Kier molecular flexibility index (Phi) is 4.38. The zero-order valence-electron chi connectivity index (χ0n) is 14.1. The fraction of sp³-hybridized carbons (Fsp3) is 0.167. The van der Waals surface area contributed by atoms with Gasteiger partial charge >= 0.3 is 12.2 Å². The van der Waals surface area contributed by atoms with Gasteiger partial charge in [0.15, 0.2) is 11.5 Å². The Morgan fingerprint density at radius 2 is 1.89 bits per heavy atom. The Labute approximate surface area is 156 Å². The van der Waals surface area contributed by atoms with E-state index in [2.05, 4.69) is 15.5 Å². The highest BCUT2D eigenvalue weighted by Crippen LogP contribution is 2.33. The molecule has 7 nitrogen and oxygen atoms in total. The lowest BCUT2D eigenvalue weighted by Crippen LogP contribution is -2.14. The molecule has 1 aliphatic rings. The molecule has 0 fully saturated rings. The SMILES string of the molecule is O=C(Nc1nnc(Cc2ccc3c(c2)OCO3)o1)c1cccc(C(F)(F)F)c1. The molecule has 10 heteroatoms. The number of fused-ring (bicyclic) bond motifs is 1. The summed E-state index contributed by atoms with van der Waals surface area (Å²) in [7, 11) is 0. The molecule has 2 heterocycles. The van der Waals surface area contributed by atoms with Gasteiger partial charge in [-0.3, -0.25) is 10.1 Å². The standard InChI is InChI=1S/C18H12F3N3O4/c19-18(20,21)12-3-1-2-11(8-12)16(25)22-17-24-23-15(28-17)7-10-4-5-13-14(6-10)27-9-26-13/h1-6,8H,7,9H2,(H,22,24,25). The first-order valence-electron chi connectivity index (χ1n) is 8.08. The molecule has 28 heavy (non-hydrogen) atoms. The Hall–Kier alpha value is -3.56. The molecule has 0 atom stereocenters. The van der Waals surface area contributed by atoms with Crippen molar-refractivity contribution < 1.29 is 31.9 Å². The molecule has 2 aromatic carbocycles. The maximum absolute atomic E-state index is 12.8. The van der Waals surface area contributed by atoms with Gasteiger partial charge in [0, 0.05) is 5.56 Å². The molecule has 1 amide bonds. The predicted molar refractivity (Wildman–Crippen MR) is 89.1 cm³/mol. The maximum Gasteiger partial charge on any atom is 0.416 e. The summed E-state index contributed by atoms with van der Waals surface area (Å²) in [5.41, 5.74) is -0.275. The fourth-order valence-electron chi connectivity index (χ4n) is 2.61. The smallest absolute Gasteiger partial charge is 0.416 e. The van der Waals surface area contributed by atoms with Gasteiger partial charge in [-0.05, 0) is 35.9 Å². The lowest BCUT2D eigenvalue weighted by atomic mass is 10.1. The summed E-state index contributed by atoms with van der Waals surface area (Å²) in [4.78, 5) is 12.2. The topological polar surface area (TPSA) is 86.5 Å². The van der Waals surface area contributed by atoms with Crippen LogP contribution in [0.3, 0.4) is 0 Å². The van der Waals surface area contributed by atoms with E-state index in [1.165, 1.54) is 6.07 Å². The largest absolute Gasteiger partial charge is 0.454 e. The van der Waals surface area contributed by atoms with Crippen LogP contribution in [0.1, 0.15) is 27.4 Å². The van der Waals surface area contributed by atoms with Crippen LogP contribution >= 0.6 is 0 Å². The molecule has 1 aromatic heterocycles. The summed E-state index contributed by atoms with van der Waals surface area (Å²) in [5, 5.41) is 9.81. The minimum absolute atomic E-state index is 0.158. The van der Waals surface area contributed by atoms with E-state index in [-0.39, 0.29) is 30.7 Å². The van der Waals surface area contributed by atoms with Crippen LogP contribution in [-0.2, 0) is 12.6 Å². The number of halogens is 3. The number of anilines is 1. The van der Waals surface area contributed by atoms with E-state index in [1.807, 2.05) is 0 Å². The summed E-state index contributed by atoms with van der Waals surface area (Å²) in [6.45, 7) is 0.158. The number of ether oxygens (including phenoxy) is 2. The van der Waals surface area contributed by atoms with Crippen LogP contribution in [0.2, 0.25) is 0 Å². The molecule has 0 saturated carbocycles. The van der Waals surface area contributed by atoms with E-state index >= 15 is 0 Å². The minimum Gasteiger partial charge on any atom is -0.454 e. The van der Waals surface area contributed by atoms with E-state index in [9.17, 15) is 18.0 Å². The van der Waals surface area contributed by atoms with Gasteiger partial charge in [0.05, 0.1) is 12.0 Å². The average molecular weight is 391 g/mol. The summed E-state index contributed by atoms with van der Waals surface area (Å²) < 4.78 is 54.2. The number of hydrogen-bond acceptors (Lipinski definition) is 6. The number of benzene rings is 2. The second kappa shape index (κ2) is 6.87. The van der Waals surface area contributed by atoms with Crippen molar-refractivity contribution in [2.45, 2.75) is 12.6 Å². The highest BCUT2D eigenvalue weighted by atomic mass is 19.4. The number of rotatable bonds is 4. The third-order valence-corrected chi connectivity index (χ3v) is 3.93. The highest BCUT2D eigenvalue weighted by molar-refractivity contribution is 6.03. The molecule has 0 unspecified atom stereocenters. The monoisotopic (exact) mass is 391 g/mol. The van der Waals surface area contributed by atoms with E-state index in [4.69, 9.17) is 13.9 Å². The van der Waals surface area contributed by atoms with Crippen LogP contribution in [0.25, 0.3) is 0 Å². The lowest BCUT2D eigenvalue weighted by molar-refractivity contribution is -0.137. The van der Waals surface area contributed by atoms with E-state index < -0.39 is 17.6 Å². The van der Waals surface area contributed by atoms with Gasteiger partial charge in [0.25, 0.3) is 5.91 Å². The third kappa shape index (κ3) is 3.75. The molecule has 1 aliphatic heterocycles. The van der Waals surface area contributed by atoms with Crippen molar-refractivity contribution in [3.05, 3.63) is 65.0 Å². The normalized spacial score (nSPS) is 12.8. The van der Waals surface area contributed by atoms with Crippen molar-refractivity contribution >= 4 is 11.9 Å². The lowest BCUT2D eigenvalue weighted by Gasteiger charge is -2.07. The number of carbonyl (C=O) groups excluding carboxylic acids is 1. The molecular formula is C18H12F3N3O4. The quantitative estimate of drug-likeness (QED) is 0.731. The molecule has 1 N–H and O–H groups in total. The van der Waals surface area contributed by atoms with E-state index in [1.54, 1.807) is 18.2 Å². The first-order chi connectivity index (χ1) is 13.4. The third-order valence-electron chi connectivity index (χ3n) is 3.93. The molecule has 0 spiro atoms. The molecule has 4 rings (SSSR count). The van der Waals surface area contributed by atoms with E-state index in [0.29, 0.717) is 11.5 Å². The van der Waals surface area contributed by atoms with Crippen molar-refractivity contribution in [2.24, 2.45) is 0 Å². The van der Waals surface area contributed by atoms with Crippen LogP contribution < -0.4 is 14.8 Å². The number of hydrogen-bond donors (Lipinski definition) is 1. The molecule has 0 radical (unpaired) electrons. The summed E-state index contributed by atoms with van der Waals surface area (Å²) in [5.74, 6) is 0.681. The summed E-state index contributed by atoms with van der Waals surface area (Å²) in [6.07, 6.45) is -4.26. The Morgan fingerprint density at radius 1 is 1.07 bits per heavy atom. The summed E-state index contributed by atoms with van der Waals surface area (Å²) >= 11 is 0. The first-order valence-corrected chi connectivity index (χ1v) is 8.08. The van der Waals surface area contributed by atoms with E-state index in [0.717, 1.165) is 23.8 Å². The van der Waals surface area contributed by atoms with Gasteiger partial charge in [-0.1, -0.05) is 17.2 Å². The van der Waals surface area contributed by atoms with Crippen molar-refractivity contribution in [1.82, 2.24) is 10.2 Å². The molecule has 0 saturated heterocycles. The minimum atomic E-state index is -4.54. The number of amides is 1. The fourth-order valence-corrected chi connectivity index (χ4v) is 2.61. The van der Waals surface area contributed by atoms with Crippen molar-refractivity contribution in [2.75, 3.05) is 12.1 Å². The number of alkyl halides is 3. The van der Waals surface area contributed by atoms with Crippen molar-refractivity contribution in [3.63, 3.8) is 0 Å². The van der Waals surface area contributed by atoms with Crippen LogP contribution in [-0.4, -0.2) is 22.9 Å². The van der Waals surface area contributed by atoms with Gasteiger partial charge in [-0.2, -0.15) is 13.2 Å². The van der Waals surface area contributed by atoms with Crippen LogP contribution in [0.5, 0.6) is 11.5 Å². The Bertz CT molecular complexity index is 1030. The van der Waals surface area contributed by atoms with Crippen LogP contribution in [0.4, 0.5) is 19.2 Å². The first kappa shape index (κ1) is 17.8. The Balaban J connectivity index is 1.44. The van der Waals surface area contributed by atoms with Gasteiger partial charge < -0.3 is 13.9 Å². The Morgan fingerprint density at radius 3 is 2.71 bits per heavy atom. The summed E-state index contributed by atoms with van der Waals surface area (Å²) in [6, 6.07) is 9.16. The molecular weight excluding hydrogens is 379 g/mol. The molecule has 0 aliphatic carbocycles. The molecule has 144 valence electrons. The molecule has 3 aromatic rings. The average Bonchev–Trinajstić information content (AvgIpc) is 3.30. The molecule has 0 bridgehead atoms. The maximum atomic E-state index is 12.8. The van der Waals surface area contributed by atoms with Gasteiger partial charge in [0.2, 0.25) is 12.7 Å². The van der Waals surface area contributed by atoms with Gasteiger partial charge in [0.1, 0.15) is 0 Å². The predicted octanol–water partition coefficient (Wildman–Crippen LogP) is 3.66. The van der Waals surface area contributed by atoms with Crippen molar-refractivity contribution in [3.8, 4) is 11.5 Å². The van der Waals surface area contributed by atoms with Crippen molar-refractivity contribution in [1.29, 1.82) is 0 Å². The van der Waals surface area contributed by atoms with Gasteiger partial charge in [-0.15, -0.1) is 5.10 Å². The second-order valence-electron chi connectivity index (χ2n) is 5.90. The number of carbonyl (C=O) groups is 1. The number of nitrogens with zero attached hydrogens (tertiary/aromatic N) is 2. The van der Waals surface area contributed by atoms with Crippen LogP contribution in [0, 0.1) is 0 Å². The van der Waals surface area contributed by atoms with Gasteiger partial charge in [-0.25, -0.2) is 0 Å².